The van der Waals surface area contributed by atoms with E-state index in [0.29, 0.717) is 35.8 Å². The molecule has 0 radical (unpaired) electrons. The number of carbonyl (C=O) groups is 1. The number of aromatic hydroxyl groups is 2. The van der Waals surface area contributed by atoms with Gasteiger partial charge in [0.1, 0.15) is 38.0 Å². The van der Waals surface area contributed by atoms with Crippen LogP contribution in [0.4, 0.5) is 16.4 Å². The summed E-state index contributed by atoms with van der Waals surface area (Å²) in [6.07, 6.45) is 5.22. The number of pyridine rings is 2. The Morgan fingerprint density at radius 1 is 1.33 bits per heavy atom. The van der Waals surface area contributed by atoms with E-state index in [1.807, 2.05) is 0 Å². The molecule has 3 aromatic rings. The fourth-order valence-electron chi connectivity index (χ4n) is 4.33. The van der Waals surface area contributed by atoms with Gasteiger partial charge in [-0.05, 0) is 43.4 Å². The van der Waals surface area contributed by atoms with Gasteiger partial charge in [0.05, 0.1) is 11.9 Å². The number of halogens is 2. The van der Waals surface area contributed by atoms with Crippen LogP contribution >= 0.6 is 34.7 Å². The number of rotatable bonds is 6. The second-order valence-electron chi connectivity index (χ2n) is 8.41. The van der Waals surface area contributed by atoms with Gasteiger partial charge in [0.25, 0.3) is 5.91 Å². The number of nitrogens with one attached hydrogen (secondary N) is 4. The molecule has 1 saturated heterocycles. The molecule has 14 heteroatoms. The molecule has 0 spiro atoms. The summed E-state index contributed by atoms with van der Waals surface area (Å²) in [6.45, 7) is 1.82. The predicted octanol–water partition coefficient (Wildman–Crippen LogP) is 3.26. The molecule has 3 aromatic heterocycles. The lowest BCUT2D eigenvalue weighted by atomic mass is 10.2. The Labute approximate surface area is 220 Å². The van der Waals surface area contributed by atoms with Crippen LogP contribution < -0.4 is 20.9 Å². The second kappa shape index (κ2) is 10.1. The number of carbonyl (C=O) groups excluding carboxylic acids is 1. The third-order valence-corrected chi connectivity index (χ3v) is 7.41. The van der Waals surface area contributed by atoms with E-state index < -0.39 is 5.91 Å². The summed E-state index contributed by atoms with van der Waals surface area (Å²) in [5.41, 5.74) is 1.50. The summed E-state index contributed by atoms with van der Waals surface area (Å²) in [5, 5.41) is 39.6. The molecule has 1 atom stereocenters. The van der Waals surface area contributed by atoms with Crippen molar-refractivity contribution >= 4 is 62.9 Å². The number of amides is 1. The van der Waals surface area contributed by atoms with Crippen LogP contribution in [-0.4, -0.2) is 62.0 Å². The van der Waals surface area contributed by atoms with E-state index >= 15 is 0 Å². The Balaban J connectivity index is 1.37. The zero-order valence-electron chi connectivity index (χ0n) is 18.8. The summed E-state index contributed by atoms with van der Waals surface area (Å²) in [5.74, 6) is -1.13. The molecule has 0 aliphatic carbocycles. The van der Waals surface area contributed by atoms with Crippen molar-refractivity contribution in [1.29, 1.82) is 5.41 Å². The quantitative estimate of drug-likeness (QED) is 0.154. The summed E-state index contributed by atoms with van der Waals surface area (Å²) in [6, 6.07) is 1.81. The highest BCUT2D eigenvalue weighted by atomic mass is 35.5. The maximum atomic E-state index is 13.3. The number of hydrogen-bond acceptors (Lipinski definition) is 10. The first kappa shape index (κ1) is 24.5. The standard InChI is InChI=1S/C22H22Cl2N8O3S/c23-15-6-14-11(18(24)30-15)3-5-32(14)22(35)12-8-26-9-13(17(12)33)29-21-16(20(34)31-36-21)19(25)28-7-10-2-1-4-27-10/h6,8-10,27,29H,1-5,7H2,(H2,25,28)(H,26,33)(H,31,34). The molecular weight excluding hydrogens is 527 g/mol. The Morgan fingerprint density at radius 2 is 2.17 bits per heavy atom. The van der Waals surface area contributed by atoms with Crippen LogP contribution in [0.2, 0.25) is 10.3 Å². The topological polar surface area (TPSA) is 159 Å². The average molecular weight is 549 g/mol. The number of aromatic nitrogens is 3. The van der Waals surface area contributed by atoms with Crippen molar-refractivity contribution in [2.75, 3.05) is 29.9 Å². The van der Waals surface area contributed by atoms with Crippen molar-refractivity contribution in [3.8, 4) is 11.6 Å². The zero-order chi connectivity index (χ0) is 25.4. The van der Waals surface area contributed by atoms with Gasteiger partial charge in [0, 0.05) is 30.9 Å². The average Bonchev–Trinajstić information content (AvgIpc) is 3.59. The monoisotopic (exact) mass is 548 g/mol. The lowest BCUT2D eigenvalue weighted by molar-refractivity contribution is 0.0986. The first-order valence-electron chi connectivity index (χ1n) is 11.2. The van der Waals surface area contributed by atoms with Crippen LogP contribution in [0.3, 0.4) is 0 Å². The van der Waals surface area contributed by atoms with Gasteiger partial charge in [-0.2, -0.15) is 4.37 Å². The normalized spacial score (nSPS) is 16.7. The lowest BCUT2D eigenvalue weighted by Gasteiger charge is -2.19. The van der Waals surface area contributed by atoms with Crippen molar-refractivity contribution in [1.82, 2.24) is 25.0 Å². The maximum absolute atomic E-state index is 13.3. The summed E-state index contributed by atoms with van der Waals surface area (Å²) < 4.78 is 3.94. The van der Waals surface area contributed by atoms with E-state index in [1.165, 1.54) is 17.3 Å². The van der Waals surface area contributed by atoms with E-state index in [2.05, 4.69) is 30.3 Å². The molecular formula is C22H22Cl2N8O3S. The molecule has 0 aromatic carbocycles. The maximum Gasteiger partial charge on any atom is 0.263 e. The number of amidine groups is 1. The number of nitrogens with zero attached hydrogens (tertiary/aromatic N) is 4. The van der Waals surface area contributed by atoms with Crippen molar-refractivity contribution in [2.45, 2.75) is 25.3 Å². The molecule has 0 bridgehead atoms. The first-order chi connectivity index (χ1) is 17.3. The summed E-state index contributed by atoms with van der Waals surface area (Å²) >= 11 is 13.1. The molecule has 5 heterocycles. The minimum atomic E-state index is -0.480. The molecule has 1 unspecified atom stereocenters. The van der Waals surface area contributed by atoms with Crippen LogP contribution in [0, 0.1) is 5.41 Å². The third-order valence-electron chi connectivity index (χ3n) is 6.15. The molecule has 188 valence electrons. The largest absolute Gasteiger partial charge is 0.505 e. The van der Waals surface area contributed by atoms with Crippen molar-refractivity contribution < 1.29 is 15.0 Å². The number of fused-ring (bicyclic) bond motifs is 1. The van der Waals surface area contributed by atoms with Crippen molar-refractivity contribution in [3.63, 3.8) is 0 Å². The van der Waals surface area contributed by atoms with E-state index in [4.69, 9.17) is 28.6 Å². The van der Waals surface area contributed by atoms with E-state index in [1.54, 1.807) is 6.07 Å². The van der Waals surface area contributed by atoms with E-state index in [9.17, 15) is 15.0 Å². The minimum Gasteiger partial charge on any atom is -0.505 e. The van der Waals surface area contributed by atoms with Crippen molar-refractivity contribution in [3.05, 3.63) is 45.5 Å². The number of anilines is 3. The third kappa shape index (κ3) is 4.64. The fraction of sp³-hybridized carbons (Fsp3) is 0.318. The van der Waals surface area contributed by atoms with Crippen LogP contribution in [0.1, 0.15) is 34.3 Å². The highest BCUT2D eigenvalue weighted by molar-refractivity contribution is 7.11. The molecule has 36 heavy (non-hydrogen) atoms. The minimum absolute atomic E-state index is 0.00632. The smallest absolute Gasteiger partial charge is 0.263 e. The van der Waals surface area contributed by atoms with Gasteiger partial charge in [0.15, 0.2) is 5.75 Å². The van der Waals surface area contributed by atoms with Gasteiger partial charge < -0.3 is 31.1 Å². The molecule has 11 nitrogen and oxygen atoms in total. The molecule has 2 aliphatic heterocycles. The lowest BCUT2D eigenvalue weighted by Crippen LogP contribution is -2.37. The van der Waals surface area contributed by atoms with Gasteiger partial charge >= 0.3 is 0 Å². The van der Waals surface area contributed by atoms with Crippen LogP contribution in [-0.2, 0) is 6.42 Å². The Bertz CT molecular complexity index is 1350. The van der Waals surface area contributed by atoms with Crippen molar-refractivity contribution in [2.24, 2.45) is 0 Å². The summed E-state index contributed by atoms with van der Waals surface area (Å²) in [7, 11) is 0. The highest BCUT2D eigenvalue weighted by Gasteiger charge is 2.31. The predicted molar refractivity (Wildman–Crippen MR) is 138 cm³/mol. The van der Waals surface area contributed by atoms with Gasteiger partial charge in [-0.1, -0.05) is 23.2 Å². The molecule has 2 aliphatic rings. The second-order valence-corrected chi connectivity index (χ2v) is 9.93. The Morgan fingerprint density at radius 3 is 2.94 bits per heavy atom. The van der Waals surface area contributed by atoms with Crippen LogP contribution in [0.25, 0.3) is 0 Å². The molecule has 6 N–H and O–H groups in total. The molecule has 5 rings (SSSR count). The van der Waals surface area contributed by atoms with Gasteiger partial charge in [-0.15, -0.1) is 0 Å². The zero-order valence-corrected chi connectivity index (χ0v) is 21.1. The first-order valence-corrected chi connectivity index (χ1v) is 12.7. The van der Waals surface area contributed by atoms with Crippen LogP contribution in [0.15, 0.2) is 18.5 Å². The Kier molecular flexibility index (Phi) is 6.84. The van der Waals surface area contributed by atoms with E-state index in [-0.39, 0.29) is 50.6 Å². The fourth-order valence-corrected chi connectivity index (χ4v) is 5.56. The van der Waals surface area contributed by atoms with E-state index in [0.717, 1.165) is 30.9 Å². The number of hydrogen-bond donors (Lipinski definition) is 6. The van der Waals surface area contributed by atoms with Gasteiger partial charge in [0.2, 0.25) is 5.88 Å². The SMILES string of the molecule is N=C(NCC1CCCN1)c1c(O)nsc1Nc1cncc(C(=O)N2CCc3c2cc(Cl)nc3Cl)c1O. The van der Waals surface area contributed by atoms with Gasteiger partial charge in [-0.25, -0.2) is 4.98 Å². The molecule has 1 amide bonds. The summed E-state index contributed by atoms with van der Waals surface area (Å²) in [4.78, 5) is 22.9. The highest BCUT2D eigenvalue weighted by Crippen LogP contribution is 2.39. The Hall–Kier alpha value is -3.19. The molecule has 0 saturated carbocycles. The molecule has 1 fully saturated rings. The van der Waals surface area contributed by atoms with Crippen LogP contribution in [0.5, 0.6) is 11.6 Å². The van der Waals surface area contributed by atoms with Gasteiger partial charge in [-0.3, -0.25) is 15.2 Å².